The van der Waals surface area contributed by atoms with Crippen molar-refractivity contribution < 1.29 is 9.53 Å². The molecule has 3 unspecified atom stereocenters. The molecule has 0 aliphatic carbocycles. The monoisotopic (exact) mass is 264 g/mol. The summed E-state index contributed by atoms with van der Waals surface area (Å²) in [6.45, 7) is 4.77. The van der Waals surface area contributed by atoms with Gasteiger partial charge in [0.05, 0.1) is 0 Å². The van der Waals surface area contributed by atoms with Gasteiger partial charge in [0.25, 0.3) is 5.91 Å². The number of likely N-dealkylation sites (tertiary alicyclic amines) is 1. The van der Waals surface area contributed by atoms with Crippen molar-refractivity contribution >= 4 is 18.3 Å². The molecule has 5 heteroatoms. The maximum absolute atomic E-state index is 12.2. The number of nitrogens with zero attached hydrogens (tertiary/aromatic N) is 1. The molecule has 0 aromatic carbocycles. The fraction of sp³-hybridized carbons (Fsp3) is 0.917. The number of halogens is 1. The van der Waals surface area contributed by atoms with E-state index < -0.39 is 0 Å². The summed E-state index contributed by atoms with van der Waals surface area (Å²) in [5, 5.41) is 0. The first-order valence-corrected chi connectivity index (χ1v) is 6.20. The summed E-state index contributed by atoms with van der Waals surface area (Å²) in [4.78, 5) is 14.1. The van der Waals surface area contributed by atoms with Crippen molar-refractivity contribution in [3.63, 3.8) is 0 Å². The first-order chi connectivity index (χ1) is 7.61. The molecule has 1 heterocycles. The van der Waals surface area contributed by atoms with Gasteiger partial charge in [-0.1, -0.05) is 6.92 Å². The lowest BCUT2D eigenvalue weighted by atomic mass is 9.96. The molecular weight excluding hydrogens is 240 g/mol. The van der Waals surface area contributed by atoms with Crippen molar-refractivity contribution in [2.75, 3.05) is 13.7 Å². The second-order valence-corrected chi connectivity index (χ2v) is 4.59. The number of amides is 1. The number of hydrogen-bond donors (Lipinski definition) is 1. The van der Waals surface area contributed by atoms with Gasteiger partial charge in [-0.15, -0.1) is 12.4 Å². The highest BCUT2D eigenvalue weighted by atomic mass is 35.5. The largest absolute Gasteiger partial charge is 0.372 e. The van der Waals surface area contributed by atoms with Crippen LogP contribution < -0.4 is 5.73 Å². The molecule has 102 valence electrons. The minimum Gasteiger partial charge on any atom is -0.372 e. The molecule has 1 fully saturated rings. The molecule has 2 N–H and O–H groups in total. The summed E-state index contributed by atoms with van der Waals surface area (Å²) in [5.74, 6) is 0.104. The molecule has 1 aliphatic rings. The lowest BCUT2D eigenvalue weighted by Gasteiger charge is -2.39. The maximum atomic E-state index is 12.2. The Kier molecular flexibility index (Phi) is 7.75. The average Bonchev–Trinajstić information content (AvgIpc) is 2.30. The van der Waals surface area contributed by atoms with Crippen LogP contribution >= 0.6 is 12.4 Å². The van der Waals surface area contributed by atoms with Gasteiger partial charge in [0.15, 0.2) is 0 Å². The Balaban J connectivity index is 0.00000256. The van der Waals surface area contributed by atoms with Gasteiger partial charge in [-0.05, 0) is 32.6 Å². The Morgan fingerprint density at radius 2 is 2.18 bits per heavy atom. The number of methoxy groups -OCH3 is 1. The van der Waals surface area contributed by atoms with E-state index in [1.807, 2.05) is 18.7 Å². The van der Waals surface area contributed by atoms with Gasteiger partial charge >= 0.3 is 0 Å². The number of nitrogens with two attached hydrogens (primary N) is 1. The van der Waals surface area contributed by atoms with Crippen LogP contribution in [0.5, 0.6) is 0 Å². The van der Waals surface area contributed by atoms with Gasteiger partial charge in [0.1, 0.15) is 6.10 Å². The normalized spacial score (nSPS) is 23.8. The van der Waals surface area contributed by atoms with E-state index in [9.17, 15) is 4.79 Å². The summed E-state index contributed by atoms with van der Waals surface area (Å²) in [7, 11) is 1.59. The number of hydrogen-bond acceptors (Lipinski definition) is 3. The van der Waals surface area contributed by atoms with Crippen LogP contribution in [0.25, 0.3) is 0 Å². The summed E-state index contributed by atoms with van der Waals surface area (Å²) in [6, 6.07) is 0.226. The Morgan fingerprint density at radius 3 is 2.65 bits per heavy atom. The molecule has 1 amide bonds. The van der Waals surface area contributed by atoms with Crippen LogP contribution in [-0.2, 0) is 9.53 Å². The Labute approximate surface area is 110 Å². The van der Waals surface area contributed by atoms with Crippen molar-refractivity contribution in [2.24, 2.45) is 5.73 Å². The standard InChI is InChI=1S/C12H24N2O2.ClH/c1-4-11(16-3)12(15)14-8-6-5-7-10(14)9(2)13;/h9-11H,4-8,13H2,1-3H3;1H. The molecule has 4 nitrogen and oxygen atoms in total. The lowest BCUT2D eigenvalue weighted by molar-refractivity contribution is -0.146. The van der Waals surface area contributed by atoms with Gasteiger partial charge in [-0.2, -0.15) is 0 Å². The van der Waals surface area contributed by atoms with Crippen LogP contribution in [0.4, 0.5) is 0 Å². The summed E-state index contributed by atoms with van der Waals surface area (Å²) < 4.78 is 5.21. The molecule has 1 rings (SSSR count). The zero-order chi connectivity index (χ0) is 12.1. The highest BCUT2D eigenvalue weighted by Crippen LogP contribution is 2.20. The van der Waals surface area contributed by atoms with Gasteiger partial charge in [-0.25, -0.2) is 0 Å². The fourth-order valence-corrected chi connectivity index (χ4v) is 2.40. The summed E-state index contributed by atoms with van der Waals surface area (Å²) >= 11 is 0. The third-order valence-corrected chi connectivity index (χ3v) is 3.37. The second-order valence-electron chi connectivity index (χ2n) is 4.59. The number of carbonyl (C=O) groups excluding carboxylic acids is 1. The molecule has 1 aliphatic heterocycles. The fourth-order valence-electron chi connectivity index (χ4n) is 2.40. The Bertz CT molecular complexity index is 233. The van der Waals surface area contributed by atoms with Crippen LogP contribution in [-0.4, -0.2) is 42.6 Å². The van der Waals surface area contributed by atoms with Crippen LogP contribution in [0.1, 0.15) is 39.5 Å². The van der Waals surface area contributed by atoms with Crippen molar-refractivity contribution in [3.8, 4) is 0 Å². The SMILES string of the molecule is CCC(OC)C(=O)N1CCCCC1C(C)N.Cl. The number of ether oxygens (including phenoxy) is 1. The van der Waals surface area contributed by atoms with E-state index >= 15 is 0 Å². The third-order valence-electron chi connectivity index (χ3n) is 3.37. The number of carbonyl (C=O) groups is 1. The van der Waals surface area contributed by atoms with Crippen molar-refractivity contribution in [3.05, 3.63) is 0 Å². The van der Waals surface area contributed by atoms with E-state index in [-0.39, 0.29) is 36.5 Å². The third kappa shape index (κ3) is 4.12. The lowest BCUT2D eigenvalue weighted by Crippen LogP contribution is -2.54. The van der Waals surface area contributed by atoms with E-state index in [4.69, 9.17) is 10.5 Å². The van der Waals surface area contributed by atoms with Crippen molar-refractivity contribution in [1.82, 2.24) is 4.90 Å². The van der Waals surface area contributed by atoms with E-state index in [1.165, 1.54) is 6.42 Å². The van der Waals surface area contributed by atoms with Crippen LogP contribution in [0, 0.1) is 0 Å². The van der Waals surface area contributed by atoms with Crippen LogP contribution in [0.2, 0.25) is 0 Å². The molecule has 0 spiro atoms. The number of piperidine rings is 1. The molecule has 0 saturated carbocycles. The van der Waals surface area contributed by atoms with Crippen molar-refractivity contribution in [2.45, 2.75) is 57.7 Å². The van der Waals surface area contributed by atoms with Gasteiger partial charge < -0.3 is 15.4 Å². The Hall–Kier alpha value is -0.320. The number of rotatable bonds is 4. The maximum Gasteiger partial charge on any atom is 0.251 e. The predicted molar refractivity (Wildman–Crippen MR) is 71.3 cm³/mol. The minimum atomic E-state index is -0.306. The highest BCUT2D eigenvalue weighted by Gasteiger charge is 2.32. The summed E-state index contributed by atoms with van der Waals surface area (Å²) in [5.41, 5.74) is 5.94. The smallest absolute Gasteiger partial charge is 0.251 e. The molecule has 17 heavy (non-hydrogen) atoms. The van der Waals surface area contributed by atoms with E-state index in [1.54, 1.807) is 7.11 Å². The van der Waals surface area contributed by atoms with Gasteiger partial charge in [0.2, 0.25) is 0 Å². The van der Waals surface area contributed by atoms with Crippen LogP contribution in [0.15, 0.2) is 0 Å². The molecule has 1 saturated heterocycles. The minimum absolute atomic E-state index is 0. The summed E-state index contributed by atoms with van der Waals surface area (Å²) in [6.07, 6.45) is 3.68. The average molecular weight is 265 g/mol. The van der Waals surface area contributed by atoms with E-state index in [2.05, 4.69) is 0 Å². The van der Waals surface area contributed by atoms with Gasteiger partial charge in [0, 0.05) is 25.7 Å². The predicted octanol–water partition coefficient (Wildman–Crippen LogP) is 1.56. The van der Waals surface area contributed by atoms with E-state index in [0.717, 1.165) is 25.8 Å². The molecule has 0 aromatic heterocycles. The molecule has 3 atom stereocenters. The first-order valence-electron chi connectivity index (χ1n) is 6.20. The molecule has 0 bridgehead atoms. The Morgan fingerprint density at radius 1 is 1.53 bits per heavy atom. The van der Waals surface area contributed by atoms with Crippen molar-refractivity contribution in [1.29, 1.82) is 0 Å². The quantitative estimate of drug-likeness (QED) is 0.839. The topological polar surface area (TPSA) is 55.6 Å². The zero-order valence-corrected chi connectivity index (χ0v) is 11.8. The van der Waals surface area contributed by atoms with Gasteiger partial charge in [-0.3, -0.25) is 4.79 Å². The molecule has 0 aromatic rings. The zero-order valence-electron chi connectivity index (χ0n) is 11.0. The van der Waals surface area contributed by atoms with Crippen LogP contribution in [0.3, 0.4) is 0 Å². The second kappa shape index (κ2) is 7.90. The molecular formula is C12H25ClN2O2. The molecule has 0 radical (unpaired) electrons. The highest BCUT2D eigenvalue weighted by molar-refractivity contribution is 5.85. The first kappa shape index (κ1) is 16.7. The van der Waals surface area contributed by atoms with E-state index in [0.29, 0.717) is 0 Å².